The van der Waals surface area contributed by atoms with Gasteiger partial charge in [-0.1, -0.05) is 55.4 Å². The molecule has 0 aromatic carbocycles. The molecule has 112 heavy (non-hydrogen) atoms. The summed E-state index contributed by atoms with van der Waals surface area (Å²) in [6.45, 7) is 30.5. The van der Waals surface area contributed by atoms with Gasteiger partial charge in [0.25, 0.3) is 0 Å². The highest BCUT2D eigenvalue weighted by Crippen LogP contribution is 2.49. The van der Waals surface area contributed by atoms with Crippen LogP contribution in [0.4, 0.5) is 72.7 Å². The Morgan fingerprint density at radius 2 is 0.812 bits per heavy atom. The summed E-state index contributed by atoms with van der Waals surface area (Å²) < 4.78 is 227. The zero-order chi connectivity index (χ0) is 85.9. The van der Waals surface area contributed by atoms with Gasteiger partial charge < -0.3 is 91.7 Å². The number of nitrogens with one attached hydrogen (secondary N) is 6. The van der Waals surface area contributed by atoms with Crippen LogP contribution < -0.4 is 31.9 Å². The van der Waals surface area contributed by atoms with E-state index in [1.165, 1.54) is 0 Å². The van der Waals surface area contributed by atoms with Crippen molar-refractivity contribution in [3.63, 3.8) is 0 Å². The molecule has 0 saturated heterocycles. The van der Waals surface area contributed by atoms with Crippen molar-refractivity contribution >= 4 is 81.8 Å². The molecule has 0 spiro atoms. The predicted molar refractivity (Wildman–Crippen MR) is 393 cm³/mol. The average Bonchev–Trinajstić information content (AvgIpc) is 0.774. The number of hydrogen-bond acceptors (Lipinski definition) is 24. The minimum Gasteiger partial charge on any atom is -0.463 e. The summed E-state index contributed by atoms with van der Waals surface area (Å²) in [5, 5.41) is 14.5. The van der Waals surface area contributed by atoms with E-state index < -0.39 is 178 Å². The number of esters is 2. The van der Waals surface area contributed by atoms with Crippen molar-refractivity contribution in [3.8, 4) is 0 Å². The van der Waals surface area contributed by atoms with Gasteiger partial charge in [0, 0.05) is 31.8 Å². The van der Waals surface area contributed by atoms with Crippen molar-refractivity contribution in [1.29, 1.82) is 0 Å². The van der Waals surface area contributed by atoms with Gasteiger partial charge >= 0.3 is 78.9 Å². The highest BCUT2D eigenvalue weighted by molar-refractivity contribution is 6.85. The number of carbonyl (C=O) groups is 8. The molecule has 4 atom stereocenters. The summed E-state index contributed by atoms with van der Waals surface area (Å²) in [7, 11) is -9.70. The van der Waals surface area contributed by atoms with Crippen molar-refractivity contribution in [2.45, 2.75) is 242 Å². The summed E-state index contributed by atoms with van der Waals surface area (Å²) in [6, 6.07) is -1.14. The van der Waals surface area contributed by atoms with E-state index >= 15 is 0 Å². The Morgan fingerprint density at radius 1 is 0.411 bits per heavy atom. The lowest BCUT2D eigenvalue weighted by molar-refractivity contribution is -0.529. The molecule has 30 nitrogen and oxygen atoms in total. The smallest absolute Gasteiger partial charge is 0.453 e. The van der Waals surface area contributed by atoms with Crippen molar-refractivity contribution in [2.75, 3.05) is 111 Å². The first-order chi connectivity index (χ1) is 51.0. The number of carbonyl (C=O) groups excluding carboxylic acids is 8. The summed E-state index contributed by atoms with van der Waals surface area (Å²) in [5.41, 5.74) is -4.29. The third-order valence-corrected chi connectivity index (χ3v) is 30.9. The van der Waals surface area contributed by atoms with E-state index in [2.05, 4.69) is 50.8 Å². The van der Waals surface area contributed by atoms with E-state index in [4.69, 9.17) is 55.6 Å². The second-order valence-corrected chi connectivity index (χ2v) is 51.2. The SMILES string of the molecule is CCC(C)(C)C(=O)OCCNC(=O)OCCOCCC[Si](C)(C)O[Si](C)(C)COCOC(=O)NCC1(C)CC(NC(=O)OCC(F)(F)OC(F)(F)C(F)(F)OC(F)(F)C(F)(F)COC(=O)NC2CC(C)(C)CC(C)(CNC(=O)OCOC[Si](C)(C)O[Si](C)(C)COCCOC(=O)NCOC(=O)C(C)(C)CC)C2)CC(C)(C)C1. The van der Waals surface area contributed by atoms with Crippen LogP contribution in [-0.2, 0) is 84.1 Å². The molecule has 0 bridgehead atoms. The number of alkyl halides is 10. The van der Waals surface area contributed by atoms with Crippen molar-refractivity contribution in [2.24, 2.45) is 32.5 Å². The monoisotopic (exact) mass is 1710 g/mol. The largest absolute Gasteiger partial charge is 0.463 e. The number of ether oxygens (including phenoxy) is 14. The maximum Gasteiger partial charge on any atom is 0.453 e. The number of amides is 6. The summed E-state index contributed by atoms with van der Waals surface area (Å²) >= 11 is 0. The van der Waals surface area contributed by atoms with Gasteiger partial charge in [-0.15, -0.1) is 0 Å². The van der Waals surface area contributed by atoms with E-state index in [0.29, 0.717) is 38.7 Å². The molecular weight excluding hydrogens is 1590 g/mol. The second kappa shape index (κ2) is 43.0. The van der Waals surface area contributed by atoms with Gasteiger partial charge in [0.1, 0.15) is 19.8 Å². The molecule has 0 aromatic heterocycles. The van der Waals surface area contributed by atoms with Crippen molar-refractivity contribution < 1.29 is 157 Å². The molecule has 6 N–H and O–H groups in total. The van der Waals surface area contributed by atoms with Crippen LogP contribution in [0.1, 0.15) is 141 Å². The molecule has 6 amide bonds. The molecule has 2 fully saturated rings. The zero-order valence-corrected chi connectivity index (χ0v) is 72.3. The minimum absolute atomic E-state index is 0.00577. The molecule has 2 aliphatic rings. The Labute approximate surface area is 653 Å². The van der Waals surface area contributed by atoms with Crippen molar-refractivity contribution in [1.82, 2.24) is 31.9 Å². The van der Waals surface area contributed by atoms with Crippen LogP contribution in [0.15, 0.2) is 0 Å². The molecule has 0 aliphatic heterocycles. The fourth-order valence-electron chi connectivity index (χ4n) is 12.8. The molecule has 44 heteroatoms. The molecule has 2 rings (SSSR count). The molecular formula is C68H122F10N6O24Si4. The first kappa shape index (κ1) is 102. The van der Waals surface area contributed by atoms with Crippen LogP contribution in [0, 0.1) is 32.5 Å². The normalized spacial score (nSPS) is 19.4. The average molecular weight is 1710 g/mol. The lowest BCUT2D eigenvalue weighted by Crippen LogP contribution is -2.57. The standard InChI is InChI=1S/C68H122F10N6O24Si4/c1-21-60(7,8)50(85)97-26-24-79-52(87)98-29-27-93-25-23-31-109(13,14)107-111(17,18)46-95-43-103-53(88)81-39-63(12)35-49(33-59(5,6)37-63)84-57(92)101-41-65(71,72)105-67(75,76)68(77,78)106-66(73,74)64(69,70)40-100-56(91)83-48-32-58(3,4)36-62(11,34-48)38-80-54(89)104-44-96-47-112(19,20)108-110(15,16)45-94-28-30-99-55(90)82-42-102-51(86)61(9,10)22-2/h48-49H,21-47H2,1-20H3,(H,79,87)(H,80,89)(H,81,88)(H,82,90)(H,83,91)(H,84,92). The van der Waals surface area contributed by atoms with Gasteiger partial charge in [0.2, 0.25) is 0 Å². The maximum atomic E-state index is 14.9. The number of alkyl carbamates (subject to hydrolysis) is 6. The van der Waals surface area contributed by atoms with Crippen LogP contribution in [0.25, 0.3) is 0 Å². The minimum atomic E-state index is -6.98. The first-order valence-corrected chi connectivity index (χ1v) is 49.3. The lowest BCUT2D eigenvalue weighted by Gasteiger charge is -2.46. The molecule has 0 aromatic rings. The molecule has 0 radical (unpaired) electrons. The summed E-state index contributed by atoms with van der Waals surface area (Å²) in [6.07, 6.45) is -29.4. The molecule has 0 heterocycles. The fourth-order valence-corrected chi connectivity index (χ4v) is 28.7. The van der Waals surface area contributed by atoms with Crippen LogP contribution in [0.3, 0.4) is 0 Å². The molecule has 654 valence electrons. The maximum absolute atomic E-state index is 14.9. The number of rotatable bonds is 49. The first-order valence-electron chi connectivity index (χ1n) is 36.8. The van der Waals surface area contributed by atoms with Gasteiger partial charge in [0.05, 0.1) is 49.3 Å². The fraction of sp³-hybridized carbons (Fsp3) is 0.882. The third kappa shape index (κ3) is 39.8. The van der Waals surface area contributed by atoms with Crippen molar-refractivity contribution in [3.05, 3.63) is 0 Å². The van der Waals surface area contributed by atoms with Crippen LogP contribution in [0.5, 0.6) is 0 Å². The van der Waals surface area contributed by atoms with Crippen LogP contribution in [0.2, 0.25) is 58.4 Å². The highest BCUT2D eigenvalue weighted by Gasteiger charge is 2.72. The zero-order valence-electron chi connectivity index (χ0n) is 68.3. The van der Waals surface area contributed by atoms with Gasteiger partial charge in [-0.2, -0.15) is 43.9 Å². The summed E-state index contributed by atoms with van der Waals surface area (Å²) in [5.74, 6) is -6.87. The Kier molecular flexibility index (Phi) is 39.4. The Bertz CT molecular complexity index is 3030. The molecule has 2 aliphatic carbocycles. The number of hydrogen-bond donors (Lipinski definition) is 6. The van der Waals surface area contributed by atoms with E-state index in [1.54, 1.807) is 69.2 Å². The second-order valence-electron chi connectivity index (χ2n) is 34.1. The van der Waals surface area contributed by atoms with Gasteiger partial charge in [-0.3, -0.25) is 14.9 Å². The van der Waals surface area contributed by atoms with E-state index in [-0.39, 0.29) is 110 Å². The predicted octanol–water partition coefficient (Wildman–Crippen LogP) is 13.3. The van der Waals surface area contributed by atoms with Gasteiger partial charge in [-0.25, -0.2) is 38.2 Å². The topological polar surface area (TPSA) is 356 Å². The lowest BCUT2D eigenvalue weighted by atomic mass is 9.62. The van der Waals surface area contributed by atoms with E-state index in [1.807, 2.05) is 66.2 Å². The summed E-state index contributed by atoms with van der Waals surface area (Å²) in [4.78, 5) is 99.1. The molecule has 2 saturated carbocycles. The third-order valence-electron chi connectivity index (χ3n) is 17.8. The van der Waals surface area contributed by atoms with Crippen LogP contribution in [-0.4, -0.2) is 236 Å². The highest BCUT2D eigenvalue weighted by atomic mass is 28.4. The number of halogens is 10. The Balaban J connectivity index is 1.80. The van der Waals surface area contributed by atoms with E-state index in [0.717, 1.165) is 6.04 Å². The van der Waals surface area contributed by atoms with Crippen LogP contribution >= 0.6 is 0 Å². The van der Waals surface area contributed by atoms with Gasteiger partial charge in [0.15, 0.2) is 66.8 Å². The van der Waals surface area contributed by atoms with E-state index in [9.17, 15) is 82.3 Å². The quantitative estimate of drug-likeness (QED) is 0.00823. The van der Waals surface area contributed by atoms with Gasteiger partial charge in [-0.05, 0) is 166 Å². The molecule has 4 unspecified atom stereocenters. The Morgan fingerprint density at radius 3 is 1.28 bits per heavy atom. The Hall–Kier alpha value is -5.59.